The first kappa shape index (κ1) is 20.8. The van der Waals surface area contributed by atoms with Gasteiger partial charge in [0.1, 0.15) is 6.04 Å². The summed E-state index contributed by atoms with van der Waals surface area (Å²) in [5, 5.41) is 3.09. The van der Waals surface area contributed by atoms with Gasteiger partial charge in [-0.1, -0.05) is 25.1 Å². The first-order valence-corrected chi connectivity index (χ1v) is 8.41. The van der Waals surface area contributed by atoms with E-state index in [1.807, 2.05) is 0 Å². The Morgan fingerprint density at radius 3 is 2.21 bits per heavy atom. The second-order valence-corrected chi connectivity index (χ2v) is 6.11. The molecule has 2 atom stereocenters. The van der Waals surface area contributed by atoms with Crippen LogP contribution in [0.25, 0.3) is 10.9 Å². The number of hydrogen-bond donors (Lipinski definition) is 2. The third kappa shape index (κ3) is 4.25. The molecule has 0 saturated carbocycles. The molecular weight excluding hydrogens is 366 g/mol. The second kappa shape index (κ2) is 8.94. The zero-order valence-corrected chi connectivity index (χ0v) is 15.7. The molecule has 3 N–H and O–H groups in total. The summed E-state index contributed by atoms with van der Waals surface area (Å²) in [5.41, 5.74) is 6.30. The van der Waals surface area contributed by atoms with E-state index in [0.29, 0.717) is 10.9 Å². The lowest BCUT2D eigenvalue weighted by atomic mass is 9.86. The van der Waals surface area contributed by atoms with Crippen LogP contribution in [-0.4, -0.2) is 49.0 Å². The van der Waals surface area contributed by atoms with Crippen molar-refractivity contribution in [3.05, 3.63) is 42.1 Å². The van der Waals surface area contributed by atoms with Gasteiger partial charge < -0.3 is 20.5 Å². The van der Waals surface area contributed by atoms with Crippen LogP contribution in [0.3, 0.4) is 0 Å². The summed E-state index contributed by atoms with van der Waals surface area (Å²) in [6, 6.07) is 7.17. The lowest BCUT2D eigenvalue weighted by Gasteiger charge is -2.26. The van der Waals surface area contributed by atoms with Gasteiger partial charge in [0.25, 0.3) is 5.91 Å². The molecule has 9 heteroatoms. The Labute approximate surface area is 161 Å². The Balaban J connectivity index is 2.35. The van der Waals surface area contributed by atoms with E-state index in [0.717, 1.165) is 14.2 Å². The van der Waals surface area contributed by atoms with Crippen molar-refractivity contribution in [2.24, 2.45) is 17.6 Å². The SMILES string of the molecule is COC(=O)C(C(=O)OC)[C@H](C)[C@@H](NC(=O)c1ccnc2ccccc12)C(N)=O. The van der Waals surface area contributed by atoms with Gasteiger partial charge in [0.2, 0.25) is 5.91 Å². The summed E-state index contributed by atoms with van der Waals surface area (Å²) in [6.07, 6.45) is 1.46. The van der Waals surface area contributed by atoms with Crippen LogP contribution < -0.4 is 11.1 Å². The molecule has 28 heavy (non-hydrogen) atoms. The average Bonchev–Trinajstić information content (AvgIpc) is 2.70. The second-order valence-electron chi connectivity index (χ2n) is 6.11. The molecule has 1 aromatic carbocycles. The number of para-hydroxylation sites is 1. The number of rotatable bonds is 7. The van der Waals surface area contributed by atoms with Crippen LogP contribution in [0.2, 0.25) is 0 Å². The standard InChI is InChI=1S/C19H21N3O6/c1-10(14(18(25)27-2)19(26)28-3)15(16(20)23)22-17(24)12-8-9-21-13-7-5-4-6-11(12)13/h4-10,14-15H,1-3H3,(H2,20,23)(H,22,24)/t10-,15+/m0/s1. The van der Waals surface area contributed by atoms with Gasteiger partial charge in [-0.2, -0.15) is 0 Å². The molecule has 0 spiro atoms. The highest BCUT2D eigenvalue weighted by Gasteiger charge is 2.41. The first-order valence-electron chi connectivity index (χ1n) is 8.41. The number of amides is 2. The fourth-order valence-corrected chi connectivity index (χ4v) is 2.95. The summed E-state index contributed by atoms with van der Waals surface area (Å²) in [5.74, 6) is -5.72. The smallest absolute Gasteiger partial charge is 0.320 e. The largest absolute Gasteiger partial charge is 0.468 e. The number of aromatic nitrogens is 1. The highest BCUT2D eigenvalue weighted by atomic mass is 16.5. The number of methoxy groups -OCH3 is 2. The quantitative estimate of drug-likeness (QED) is 0.518. The fourth-order valence-electron chi connectivity index (χ4n) is 2.95. The van der Waals surface area contributed by atoms with Gasteiger partial charge in [-0.05, 0) is 12.1 Å². The maximum absolute atomic E-state index is 12.8. The number of esters is 2. The van der Waals surface area contributed by atoms with E-state index in [2.05, 4.69) is 19.8 Å². The van der Waals surface area contributed by atoms with Gasteiger partial charge in [0, 0.05) is 17.5 Å². The molecule has 2 amide bonds. The van der Waals surface area contributed by atoms with Crippen molar-refractivity contribution in [1.82, 2.24) is 10.3 Å². The van der Waals surface area contributed by atoms with Gasteiger partial charge in [-0.3, -0.25) is 24.2 Å². The van der Waals surface area contributed by atoms with E-state index in [1.165, 1.54) is 19.2 Å². The molecule has 0 aliphatic carbocycles. The predicted octanol–water partition coefficient (Wildman–Crippen LogP) is 0.417. The molecule has 0 radical (unpaired) electrons. The first-order chi connectivity index (χ1) is 13.3. The van der Waals surface area contributed by atoms with Gasteiger partial charge in [0.05, 0.1) is 25.3 Å². The molecule has 0 saturated heterocycles. The molecule has 0 unspecified atom stereocenters. The van der Waals surface area contributed by atoms with Crippen LogP contribution in [0.5, 0.6) is 0 Å². The number of primary amides is 1. The topological polar surface area (TPSA) is 138 Å². The Kier molecular flexibility index (Phi) is 6.64. The molecule has 0 fully saturated rings. The number of carbonyl (C=O) groups excluding carboxylic acids is 4. The van der Waals surface area contributed by atoms with Crippen molar-refractivity contribution >= 4 is 34.7 Å². The number of benzene rings is 1. The highest BCUT2D eigenvalue weighted by Crippen LogP contribution is 2.21. The third-order valence-electron chi connectivity index (χ3n) is 4.45. The normalized spacial score (nSPS) is 12.9. The van der Waals surface area contributed by atoms with Crippen molar-refractivity contribution in [1.29, 1.82) is 0 Å². The van der Waals surface area contributed by atoms with E-state index >= 15 is 0 Å². The van der Waals surface area contributed by atoms with Crippen molar-refractivity contribution in [3.63, 3.8) is 0 Å². The number of hydrogen-bond acceptors (Lipinski definition) is 7. The summed E-state index contributed by atoms with van der Waals surface area (Å²) in [4.78, 5) is 53.0. The minimum absolute atomic E-state index is 0.275. The third-order valence-corrected chi connectivity index (χ3v) is 4.45. The minimum Gasteiger partial charge on any atom is -0.468 e. The Morgan fingerprint density at radius 1 is 1.04 bits per heavy atom. The molecule has 2 aromatic rings. The summed E-state index contributed by atoms with van der Waals surface area (Å²) in [7, 11) is 2.21. The molecule has 1 aromatic heterocycles. The Morgan fingerprint density at radius 2 is 1.64 bits per heavy atom. The number of fused-ring (bicyclic) bond motifs is 1. The Bertz CT molecular complexity index is 892. The van der Waals surface area contributed by atoms with Crippen molar-refractivity contribution in [2.75, 3.05) is 14.2 Å². The van der Waals surface area contributed by atoms with Crippen LogP contribution in [0, 0.1) is 11.8 Å². The van der Waals surface area contributed by atoms with Crippen LogP contribution in [0.15, 0.2) is 36.5 Å². The number of ether oxygens (including phenoxy) is 2. The lowest BCUT2D eigenvalue weighted by molar-refractivity contribution is -0.161. The number of pyridine rings is 1. The lowest BCUT2D eigenvalue weighted by Crippen LogP contribution is -2.52. The molecule has 0 bridgehead atoms. The average molecular weight is 387 g/mol. The van der Waals surface area contributed by atoms with E-state index in [4.69, 9.17) is 5.73 Å². The number of carbonyl (C=O) groups is 4. The van der Waals surface area contributed by atoms with Crippen LogP contribution in [0.4, 0.5) is 0 Å². The zero-order valence-electron chi connectivity index (χ0n) is 15.7. The summed E-state index contributed by atoms with van der Waals surface area (Å²) in [6.45, 7) is 1.43. The molecule has 148 valence electrons. The molecular formula is C19H21N3O6. The fraction of sp³-hybridized carbons (Fsp3) is 0.316. The summed E-state index contributed by atoms with van der Waals surface area (Å²) >= 11 is 0. The minimum atomic E-state index is -1.43. The molecule has 9 nitrogen and oxygen atoms in total. The number of nitrogens with zero attached hydrogens (tertiary/aromatic N) is 1. The van der Waals surface area contributed by atoms with E-state index in [9.17, 15) is 19.2 Å². The molecule has 2 rings (SSSR count). The van der Waals surface area contributed by atoms with Gasteiger partial charge in [-0.25, -0.2) is 0 Å². The number of nitrogens with two attached hydrogens (primary N) is 1. The van der Waals surface area contributed by atoms with E-state index in [-0.39, 0.29) is 5.56 Å². The highest BCUT2D eigenvalue weighted by molar-refractivity contribution is 6.07. The number of nitrogens with one attached hydrogen (secondary N) is 1. The van der Waals surface area contributed by atoms with E-state index in [1.54, 1.807) is 24.3 Å². The Hall–Kier alpha value is -3.49. The van der Waals surface area contributed by atoms with Crippen LogP contribution in [0.1, 0.15) is 17.3 Å². The summed E-state index contributed by atoms with van der Waals surface area (Å²) < 4.78 is 9.24. The van der Waals surface area contributed by atoms with Crippen LogP contribution in [-0.2, 0) is 23.9 Å². The van der Waals surface area contributed by atoms with Gasteiger partial charge >= 0.3 is 11.9 Å². The predicted molar refractivity (Wildman–Crippen MR) is 98.9 cm³/mol. The van der Waals surface area contributed by atoms with Gasteiger partial charge in [-0.15, -0.1) is 0 Å². The maximum Gasteiger partial charge on any atom is 0.320 e. The van der Waals surface area contributed by atoms with Crippen molar-refractivity contribution < 1.29 is 28.7 Å². The van der Waals surface area contributed by atoms with Gasteiger partial charge in [0.15, 0.2) is 5.92 Å². The van der Waals surface area contributed by atoms with Crippen LogP contribution >= 0.6 is 0 Å². The molecule has 0 aliphatic rings. The van der Waals surface area contributed by atoms with E-state index < -0.39 is 41.6 Å². The molecule has 0 aliphatic heterocycles. The van der Waals surface area contributed by atoms with Crippen molar-refractivity contribution in [3.8, 4) is 0 Å². The zero-order chi connectivity index (χ0) is 20.8. The maximum atomic E-state index is 12.8. The molecule has 1 heterocycles. The monoisotopic (exact) mass is 387 g/mol. The van der Waals surface area contributed by atoms with Crippen molar-refractivity contribution in [2.45, 2.75) is 13.0 Å².